The lowest BCUT2D eigenvalue weighted by molar-refractivity contribution is 0.102. The van der Waals surface area contributed by atoms with E-state index in [4.69, 9.17) is 0 Å². The number of carbonyl (C=O) groups is 2. The highest BCUT2D eigenvalue weighted by atomic mass is 16.2. The number of rotatable bonds is 6. The summed E-state index contributed by atoms with van der Waals surface area (Å²) in [6.45, 7) is 2.71. The zero-order chi connectivity index (χ0) is 16.5. The van der Waals surface area contributed by atoms with Crippen molar-refractivity contribution in [1.29, 1.82) is 0 Å². The summed E-state index contributed by atoms with van der Waals surface area (Å²) >= 11 is 0. The van der Waals surface area contributed by atoms with Crippen LogP contribution in [-0.4, -0.2) is 18.5 Å². The van der Waals surface area contributed by atoms with Crippen LogP contribution < -0.4 is 16.0 Å². The van der Waals surface area contributed by atoms with E-state index in [2.05, 4.69) is 22.9 Å². The first-order valence-electron chi connectivity index (χ1n) is 7.70. The molecule has 0 aliphatic rings. The Bertz CT molecular complexity index is 656. The minimum absolute atomic E-state index is 0.185. The van der Waals surface area contributed by atoms with Gasteiger partial charge in [-0.25, -0.2) is 4.79 Å². The van der Waals surface area contributed by atoms with Crippen LogP contribution in [0.5, 0.6) is 0 Å². The van der Waals surface area contributed by atoms with E-state index < -0.39 is 0 Å². The number of nitrogens with one attached hydrogen (secondary N) is 3. The van der Waals surface area contributed by atoms with E-state index in [-0.39, 0.29) is 11.9 Å². The topological polar surface area (TPSA) is 70.2 Å². The van der Waals surface area contributed by atoms with E-state index in [1.165, 1.54) is 0 Å². The van der Waals surface area contributed by atoms with Gasteiger partial charge in [-0.05, 0) is 36.8 Å². The summed E-state index contributed by atoms with van der Waals surface area (Å²) in [6, 6.07) is 15.8. The molecule has 0 fully saturated rings. The lowest BCUT2D eigenvalue weighted by Crippen LogP contribution is -2.29. The Morgan fingerprint density at radius 1 is 0.913 bits per heavy atom. The Hall–Kier alpha value is -2.82. The summed E-state index contributed by atoms with van der Waals surface area (Å²) < 4.78 is 0. The normalized spacial score (nSPS) is 9.96. The number of unbranched alkanes of at least 4 members (excludes halogenated alkanes) is 1. The largest absolute Gasteiger partial charge is 0.338 e. The van der Waals surface area contributed by atoms with Crippen LogP contribution in [0.4, 0.5) is 16.2 Å². The van der Waals surface area contributed by atoms with Crippen LogP contribution in [0.1, 0.15) is 30.1 Å². The van der Waals surface area contributed by atoms with Gasteiger partial charge in [-0.1, -0.05) is 37.6 Å². The zero-order valence-electron chi connectivity index (χ0n) is 13.1. The summed E-state index contributed by atoms with van der Waals surface area (Å²) in [5.74, 6) is -0.185. The predicted octanol–water partition coefficient (Wildman–Crippen LogP) is 3.86. The SMILES string of the molecule is CCCCNC(=O)Nc1cccc(NC(=O)c2ccccc2)c1. The number of anilines is 2. The van der Waals surface area contributed by atoms with E-state index in [1.54, 1.807) is 36.4 Å². The maximum absolute atomic E-state index is 12.1. The van der Waals surface area contributed by atoms with Gasteiger partial charge in [0.2, 0.25) is 0 Å². The highest BCUT2D eigenvalue weighted by Gasteiger charge is 2.06. The summed E-state index contributed by atoms with van der Waals surface area (Å²) in [4.78, 5) is 23.8. The molecule has 3 N–H and O–H groups in total. The Morgan fingerprint density at radius 2 is 1.61 bits per heavy atom. The molecule has 0 aliphatic carbocycles. The van der Waals surface area contributed by atoms with E-state index >= 15 is 0 Å². The smallest absolute Gasteiger partial charge is 0.319 e. The van der Waals surface area contributed by atoms with Crippen molar-refractivity contribution in [2.24, 2.45) is 0 Å². The van der Waals surface area contributed by atoms with Crippen LogP contribution in [-0.2, 0) is 0 Å². The Labute approximate surface area is 136 Å². The lowest BCUT2D eigenvalue weighted by atomic mass is 10.2. The van der Waals surface area contributed by atoms with Crippen molar-refractivity contribution in [2.75, 3.05) is 17.2 Å². The second-order valence-corrected chi connectivity index (χ2v) is 5.14. The van der Waals surface area contributed by atoms with Gasteiger partial charge in [-0.15, -0.1) is 0 Å². The fourth-order valence-corrected chi connectivity index (χ4v) is 2.02. The first-order valence-corrected chi connectivity index (χ1v) is 7.70. The molecule has 3 amide bonds. The standard InChI is InChI=1S/C18H21N3O2/c1-2-3-12-19-18(23)21-16-11-7-10-15(13-16)20-17(22)14-8-5-4-6-9-14/h4-11,13H,2-3,12H2,1H3,(H,20,22)(H2,19,21,23). The number of hydrogen-bond acceptors (Lipinski definition) is 2. The fraction of sp³-hybridized carbons (Fsp3) is 0.222. The van der Waals surface area contributed by atoms with Crippen LogP contribution in [0.15, 0.2) is 54.6 Å². The van der Waals surface area contributed by atoms with Gasteiger partial charge < -0.3 is 16.0 Å². The van der Waals surface area contributed by atoms with Crippen LogP contribution in [0, 0.1) is 0 Å². The summed E-state index contributed by atoms with van der Waals surface area (Å²) in [7, 11) is 0. The number of carbonyl (C=O) groups excluding carboxylic acids is 2. The molecule has 0 aliphatic heterocycles. The second-order valence-electron chi connectivity index (χ2n) is 5.14. The van der Waals surface area contributed by atoms with Gasteiger partial charge >= 0.3 is 6.03 Å². The minimum Gasteiger partial charge on any atom is -0.338 e. The highest BCUT2D eigenvalue weighted by Crippen LogP contribution is 2.16. The third kappa shape index (κ3) is 5.47. The predicted molar refractivity (Wildman–Crippen MR) is 92.8 cm³/mol. The van der Waals surface area contributed by atoms with E-state index in [9.17, 15) is 9.59 Å². The second kappa shape index (κ2) is 8.58. The molecule has 2 aromatic rings. The molecule has 0 saturated heterocycles. The molecular formula is C18H21N3O2. The van der Waals surface area contributed by atoms with E-state index in [1.807, 2.05) is 18.2 Å². The molecule has 23 heavy (non-hydrogen) atoms. The van der Waals surface area contributed by atoms with Gasteiger partial charge in [0.1, 0.15) is 0 Å². The molecule has 0 spiro atoms. The molecule has 0 atom stereocenters. The lowest BCUT2D eigenvalue weighted by Gasteiger charge is -2.10. The molecule has 120 valence electrons. The van der Waals surface area contributed by atoms with Gasteiger partial charge in [0, 0.05) is 23.5 Å². The molecule has 0 aromatic heterocycles. The molecule has 0 bridgehead atoms. The number of urea groups is 1. The third-order valence-electron chi connectivity index (χ3n) is 3.23. The van der Waals surface area contributed by atoms with Crippen molar-refractivity contribution in [1.82, 2.24) is 5.32 Å². The van der Waals surface area contributed by atoms with Crippen molar-refractivity contribution in [2.45, 2.75) is 19.8 Å². The van der Waals surface area contributed by atoms with Crippen molar-refractivity contribution >= 4 is 23.3 Å². The zero-order valence-corrected chi connectivity index (χ0v) is 13.1. The molecule has 0 saturated carbocycles. The van der Waals surface area contributed by atoms with Gasteiger partial charge in [0.25, 0.3) is 5.91 Å². The van der Waals surface area contributed by atoms with Crippen molar-refractivity contribution in [3.63, 3.8) is 0 Å². The maximum atomic E-state index is 12.1. The quantitative estimate of drug-likeness (QED) is 0.709. The molecule has 5 heteroatoms. The van der Waals surface area contributed by atoms with Crippen LogP contribution in [0.2, 0.25) is 0 Å². The van der Waals surface area contributed by atoms with Crippen LogP contribution in [0.3, 0.4) is 0 Å². The molecule has 0 heterocycles. The maximum Gasteiger partial charge on any atom is 0.319 e. The molecule has 5 nitrogen and oxygen atoms in total. The van der Waals surface area contributed by atoms with Gasteiger partial charge in [0.05, 0.1) is 0 Å². The monoisotopic (exact) mass is 311 g/mol. The molecule has 0 unspecified atom stereocenters. The average Bonchev–Trinajstić information content (AvgIpc) is 2.56. The number of hydrogen-bond donors (Lipinski definition) is 3. The molecule has 2 aromatic carbocycles. The van der Waals surface area contributed by atoms with Gasteiger partial charge in [0.15, 0.2) is 0 Å². The van der Waals surface area contributed by atoms with E-state index in [0.29, 0.717) is 23.5 Å². The molecular weight excluding hydrogens is 290 g/mol. The van der Waals surface area contributed by atoms with Crippen LogP contribution >= 0.6 is 0 Å². The van der Waals surface area contributed by atoms with Crippen molar-refractivity contribution in [3.8, 4) is 0 Å². The van der Waals surface area contributed by atoms with Gasteiger partial charge in [-0.3, -0.25) is 4.79 Å². The first-order chi connectivity index (χ1) is 11.2. The number of amides is 3. The molecule has 0 radical (unpaired) electrons. The summed E-state index contributed by atoms with van der Waals surface area (Å²) in [5, 5.41) is 8.35. The fourth-order valence-electron chi connectivity index (χ4n) is 2.02. The van der Waals surface area contributed by atoms with E-state index in [0.717, 1.165) is 12.8 Å². The summed E-state index contributed by atoms with van der Waals surface area (Å²) in [5.41, 5.74) is 1.85. The highest BCUT2D eigenvalue weighted by molar-refractivity contribution is 6.04. The van der Waals surface area contributed by atoms with Crippen molar-refractivity contribution in [3.05, 3.63) is 60.2 Å². The van der Waals surface area contributed by atoms with Crippen molar-refractivity contribution < 1.29 is 9.59 Å². The third-order valence-corrected chi connectivity index (χ3v) is 3.23. The van der Waals surface area contributed by atoms with Gasteiger partial charge in [-0.2, -0.15) is 0 Å². The minimum atomic E-state index is -0.245. The Kier molecular flexibility index (Phi) is 6.17. The molecule has 2 rings (SSSR count). The number of benzene rings is 2. The van der Waals surface area contributed by atoms with Crippen LogP contribution in [0.25, 0.3) is 0 Å². The Balaban J connectivity index is 1.94. The Morgan fingerprint density at radius 3 is 2.30 bits per heavy atom. The average molecular weight is 311 g/mol. The summed E-state index contributed by atoms with van der Waals surface area (Å²) in [6.07, 6.45) is 1.97. The first kappa shape index (κ1) is 16.5.